The molecular formula is C13H17NO. The van der Waals surface area contributed by atoms with Gasteiger partial charge in [0.15, 0.2) is 0 Å². The first kappa shape index (κ1) is 10.4. The Hall–Kier alpha value is -1.15. The molecule has 1 saturated heterocycles. The van der Waals surface area contributed by atoms with E-state index in [2.05, 4.69) is 17.0 Å². The molecule has 1 heterocycles. The van der Waals surface area contributed by atoms with Gasteiger partial charge in [0.1, 0.15) is 6.29 Å². The third-order valence-electron chi connectivity index (χ3n) is 3.30. The van der Waals surface area contributed by atoms with Gasteiger partial charge in [0, 0.05) is 6.54 Å². The Morgan fingerprint density at radius 2 is 2.13 bits per heavy atom. The normalized spacial score (nSPS) is 26.7. The number of nitrogens with zero attached hydrogens (tertiary/aromatic N) is 1. The smallest absolute Gasteiger partial charge is 0.139 e. The monoisotopic (exact) mass is 203 g/mol. The maximum Gasteiger partial charge on any atom is 0.139 e. The predicted octanol–water partition coefficient (Wildman–Crippen LogP) is 2.24. The summed E-state index contributed by atoms with van der Waals surface area (Å²) in [7, 11) is 0. The fourth-order valence-electron chi connectivity index (χ4n) is 2.24. The van der Waals surface area contributed by atoms with E-state index in [4.69, 9.17) is 0 Å². The molecule has 1 aromatic carbocycles. The van der Waals surface area contributed by atoms with Crippen LogP contribution in [-0.4, -0.2) is 23.3 Å². The molecule has 0 aliphatic carbocycles. The van der Waals surface area contributed by atoms with E-state index < -0.39 is 0 Å². The second kappa shape index (κ2) is 4.15. The van der Waals surface area contributed by atoms with E-state index in [1.807, 2.05) is 25.1 Å². The van der Waals surface area contributed by atoms with Crippen LogP contribution in [0.25, 0.3) is 0 Å². The van der Waals surface area contributed by atoms with Crippen molar-refractivity contribution in [3.05, 3.63) is 35.9 Å². The molecule has 0 unspecified atom stereocenters. The molecule has 0 bridgehead atoms. The van der Waals surface area contributed by atoms with Crippen LogP contribution in [0, 0.1) is 0 Å². The average molecular weight is 203 g/mol. The van der Waals surface area contributed by atoms with Crippen molar-refractivity contribution in [1.82, 2.24) is 4.90 Å². The second-order valence-electron chi connectivity index (χ2n) is 4.49. The van der Waals surface area contributed by atoms with E-state index in [1.165, 1.54) is 5.56 Å². The van der Waals surface area contributed by atoms with Gasteiger partial charge in [-0.15, -0.1) is 0 Å². The molecular weight excluding hydrogens is 186 g/mol. The molecule has 2 heteroatoms. The zero-order valence-corrected chi connectivity index (χ0v) is 9.15. The van der Waals surface area contributed by atoms with Crippen LogP contribution in [0.1, 0.15) is 25.3 Å². The summed E-state index contributed by atoms with van der Waals surface area (Å²) in [5.74, 6) is 0. The lowest BCUT2D eigenvalue weighted by Gasteiger charge is -2.29. The molecule has 0 N–H and O–H groups in total. The lowest BCUT2D eigenvalue weighted by Crippen LogP contribution is -2.41. The fourth-order valence-corrected chi connectivity index (χ4v) is 2.24. The van der Waals surface area contributed by atoms with Gasteiger partial charge in [-0.2, -0.15) is 0 Å². The third-order valence-corrected chi connectivity index (χ3v) is 3.30. The van der Waals surface area contributed by atoms with Gasteiger partial charge in [-0.1, -0.05) is 30.3 Å². The van der Waals surface area contributed by atoms with Crippen molar-refractivity contribution < 1.29 is 4.79 Å². The topological polar surface area (TPSA) is 20.3 Å². The van der Waals surface area contributed by atoms with E-state index in [1.54, 1.807) is 0 Å². The van der Waals surface area contributed by atoms with Gasteiger partial charge in [-0.3, -0.25) is 4.90 Å². The van der Waals surface area contributed by atoms with E-state index in [0.29, 0.717) is 0 Å². The van der Waals surface area contributed by atoms with Gasteiger partial charge in [-0.25, -0.2) is 0 Å². The second-order valence-corrected chi connectivity index (χ2v) is 4.49. The third kappa shape index (κ3) is 2.10. The summed E-state index contributed by atoms with van der Waals surface area (Å²) in [5.41, 5.74) is 1.04. The number of likely N-dealkylation sites (tertiary alicyclic amines) is 1. The van der Waals surface area contributed by atoms with Crippen molar-refractivity contribution in [3.8, 4) is 0 Å². The van der Waals surface area contributed by atoms with Crippen LogP contribution in [0.15, 0.2) is 30.3 Å². The van der Waals surface area contributed by atoms with Crippen molar-refractivity contribution in [3.63, 3.8) is 0 Å². The summed E-state index contributed by atoms with van der Waals surface area (Å²) >= 11 is 0. The molecule has 1 fully saturated rings. The van der Waals surface area contributed by atoms with Crippen molar-refractivity contribution in [2.24, 2.45) is 0 Å². The Bertz CT molecular complexity index is 336. The first-order chi connectivity index (χ1) is 7.24. The van der Waals surface area contributed by atoms with Gasteiger partial charge in [0.25, 0.3) is 0 Å². The molecule has 80 valence electrons. The number of carbonyl (C=O) groups excluding carboxylic acids is 1. The highest BCUT2D eigenvalue weighted by atomic mass is 16.1. The number of carbonyl (C=O) groups is 1. The highest BCUT2D eigenvalue weighted by molar-refractivity contribution is 5.64. The van der Waals surface area contributed by atoms with Crippen LogP contribution < -0.4 is 0 Å². The highest BCUT2D eigenvalue weighted by Crippen LogP contribution is 2.28. The van der Waals surface area contributed by atoms with Gasteiger partial charge >= 0.3 is 0 Å². The number of benzene rings is 1. The van der Waals surface area contributed by atoms with Gasteiger partial charge in [-0.05, 0) is 31.9 Å². The van der Waals surface area contributed by atoms with E-state index in [9.17, 15) is 4.79 Å². The minimum Gasteiger partial charge on any atom is -0.301 e. The molecule has 1 aromatic rings. The Labute approximate surface area is 90.9 Å². The van der Waals surface area contributed by atoms with Gasteiger partial charge < -0.3 is 4.79 Å². The maximum absolute atomic E-state index is 11.1. The van der Waals surface area contributed by atoms with E-state index in [-0.39, 0.29) is 5.54 Å². The first-order valence-corrected chi connectivity index (χ1v) is 5.50. The lowest BCUT2D eigenvalue weighted by molar-refractivity contribution is -0.116. The van der Waals surface area contributed by atoms with Crippen molar-refractivity contribution >= 4 is 6.29 Å². The van der Waals surface area contributed by atoms with Crippen LogP contribution in [0.5, 0.6) is 0 Å². The van der Waals surface area contributed by atoms with Crippen molar-refractivity contribution in [2.45, 2.75) is 31.8 Å². The summed E-state index contributed by atoms with van der Waals surface area (Å²) in [6.45, 7) is 3.95. The molecule has 0 radical (unpaired) electrons. The Balaban J connectivity index is 2.09. The lowest BCUT2D eigenvalue weighted by atomic mass is 10.0. The summed E-state index contributed by atoms with van der Waals surface area (Å²) < 4.78 is 0. The van der Waals surface area contributed by atoms with Crippen molar-refractivity contribution in [2.75, 3.05) is 6.54 Å². The molecule has 1 atom stereocenters. The molecule has 2 nitrogen and oxygen atoms in total. The Morgan fingerprint density at radius 3 is 2.80 bits per heavy atom. The summed E-state index contributed by atoms with van der Waals surface area (Å²) in [5, 5.41) is 0. The molecule has 0 aromatic heterocycles. The molecule has 1 aliphatic rings. The minimum absolute atomic E-state index is 0.240. The van der Waals surface area contributed by atoms with Crippen LogP contribution in [0.4, 0.5) is 0 Å². The largest absolute Gasteiger partial charge is 0.301 e. The number of aldehydes is 1. The van der Waals surface area contributed by atoms with Crippen LogP contribution in [0.2, 0.25) is 0 Å². The summed E-state index contributed by atoms with van der Waals surface area (Å²) in [6.07, 6.45) is 3.22. The zero-order chi connectivity index (χ0) is 10.7. The zero-order valence-electron chi connectivity index (χ0n) is 9.15. The van der Waals surface area contributed by atoms with Crippen LogP contribution in [0.3, 0.4) is 0 Å². The number of hydrogen-bond acceptors (Lipinski definition) is 2. The van der Waals surface area contributed by atoms with Gasteiger partial charge in [0.2, 0.25) is 0 Å². The van der Waals surface area contributed by atoms with Crippen molar-refractivity contribution in [1.29, 1.82) is 0 Å². The highest BCUT2D eigenvalue weighted by Gasteiger charge is 2.35. The summed E-state index contributed by atoms with van der Waals surface area (Å²) in [6, 6.07) is 10.3. The molecule has 0 saturated carbocycles. The standard InChI is InChI=1S/C13H17NO/c1-13(11-15)8-5-9-14(13)10-12-6-3-2-4-7-12/h2-4,6-7,11H,5,8-10H2,1H3/t13-/m1/s1. The number of hydrogen-bond donors (Lipinski definition) is 0. The maximum atomic E-state index is 11.1. The molecule has 2 rings (SSSR count). The van der Waals surface area contributed by atoms with E-state index in [0.717, 1.165) is 32.2 Å². The average Bonchev–Trinajstić information content (AvgIpc) is 2.63. The fraction of sp³-hybridized carbons (Fsp3) is 0.462. The quantitative estimate of drug-likeness (QED) is 0.702. The minimum atomic E-state index is -0.240. The summed E-state index contributed by atoms with van der Waals surface area (Å²) in [4.78, 5) is 13.4. The van der Waals surface area contributed by atoms with Crippen LogP contribution >= 0.6 is 0 Å². The SMILES string of the molecule is C[C@]1(C=O)CCCN1Cc1ccccc1. The van der Waals surface area contributed by atoms with E-state index >= 15 is 0 Å². The molecule has 1 aliphatic heterocycles. The Kier molecular flexibility index (Phi) is 2.87. The molecule has 0 amide bonds. The van der Waals surface area contributed by atoms with Gasteiger partial charge in [0.05, 0.1) is 5.54 Å². The first-order valence-electron chi connectivity index (χ1n) is 5.50. The Morgan fingerprint density at radius 1 is 1.40 bits per heavy atom. The molecule has 0 spiro atoms. The predicted molar refractivity (Wildman–Crippen MR) is 60.6 cm³/mol. The number of rotatable bonds is 3. The van der Waals surface area contributed by atoms with Crippen LogP contribution in [-0.2, 0) is 11.3 Å². The molecule has 15 heavy (non-hydrogen) atoms.